The number of halogens is 1. The summed E-state index contributed by atoms with van der Waals surface area (Å²) < 4.78 is 5.15. The number of hydrogen-bond acceptors (Lipinski definition) is 5. The fraction of sp³-hybridized carbons (Fsp3) is 0.310. The average molecular weight is 532 g/mol. The highest BCUT2D eigenvalue weighted by Crippen LogP contribution is 2.30. The fourth-order valence-corrected chi connectivity index (χ4v) is 5.26. The molecule has 3 aromatic heterocycles. The Labute approximate surface area is 226 Å². The Hall–Kier alpha value is -3.91. The number of ether oxygens (including phenoxy) is 1. The monoisotopic (exact) mass is 531 g/mol. The first-order valence-corrected chi connectivity index (χ1v) is 13.1. The summed E-state index contributed by atoms with van der Waals surface area (Å²) in [6.07, 6.45) is 4.16. The Balaban J connectivity index is 1.23. The lowest BCUT2D eigenvalue weighted by atomic mass is 9.89. The second-order valence-electron chi connectivity index (χ2n) is 9.54. The summed E-state index contributed by atoms with van der Waals surface area (Å²) in [6, 6.07) is 15.0. The third-order valence-electron chi connectivity index (χ3n) is 7.06. The number of aromatic amines is 1. The van der Waals surface area contributed by atoms with E-state index in [9.17, 15) is 9.59 Å². The van der Waals surface area contributed by atoms with Gasteiger partial charge in [-0.3, -0.25) is 14.6 Å². The lowest BCUT2D eigenvalue weighted by Gasteiger charge is -2.32. The normalized spacial score (nSPS) is 14.0. The Morgan fingerprint density at radius 2 is 1.92 bits per heavy atom. The maximum atomic E-state index is 13.2. The molecular weight excluding hydrogens is 502 g/mol. The molecule has 0 aliphatic carbocycles. The molecule has 0 bridgehead atoms. The van der Waals surface area contributed by atoms with E-state index in [4.69, 9.17) is 21.3 Å². The minimum atomic E-state index is -0.121. The van der Waals surface area contributed by atoms with Crippen LogP contribution >= 0.6 is 11.6 Å². The van der Waals surface area contributed by atoms with Crippen molar-refractivity contribution >= 4 is 34.3 Å². The average Bonchev–Trinajstić information content (AvgIpc) is 3.35. The number of piperidine rings is 1. The minimum absolute atomic E-state index is 0.0869. The molecule has 196 valence electrons. The molecule has 0 saturated carbocycles. The molecule has 8 nitrogen and oxygen atoms in total. The molecule has 4 aromatic rings. The summed E-state index contributed by atoms with van der Waals surface area (Å²) in [5.74, 6) is 0.159. The first kappa shape index (κ1) is 25.7. The number of amides is 2. The van der Waals surface area contributed by atoms with Gasteiger partial charge in [0.25, 0.3) is 11.8 Å². The largest absolute Gasteiger partial charge is 0.481 e. The summed E-state index contributed by atoms with van der Waals surface area (Å²) >= 11 is 6.06. The predicted octanol–water partition coefficient (Wildman–Crippen LogP) is 4.92. The highest BCUT2D eigenvalue weighted by molar-refractivity contribution is 6.29. The number of rotatable bonds is 7. The molecule has 0 unspecified atom stereocenters. The Kier molecular flexibility index (Phi) is 7.60. The summed E-state index contributed by atoms with van der Waals surface area (Å²) in [4.78, 5) is 40.2. The summed E-state index contributed by atoms with van der Waals surface area (Å²) in [7, 11) is 1.49. The van der Waals surface area contributed by atoms with E-state index >= 15 is 0 Å². The van der Waals surface area contributed by atoms with Gasteiger partial charge in [0.05, 0.1) is 18.4 Å². The molecular formula is C29H30ClN5O3. The van der Waals surface area contributed by atoms with Gasteiger partial charge in [0.2, 0.25) is 5.88 Å². The number of carbonyl (C=O) groups is 2. The van der Waals surface area contributed by atoms with Gasteiger partial charge in [-0.1, -0.05) is 29.8 Å². The molecule has 0 spiro atoms. The number of aromatic nitrogens is 3. The highest BCUT2D eigenvalue weighted by atomic mass is 35.5. The van der Waals surface area contributed by atoms with E-state index in [1.54, 1.807) is 17.0 Å². The van der Waals surface area contributed by atoms with E-state index in [1.165, 1.54) is 18.1 Å². The number of nitrogens with zero attached hydrogens (tertiary/aromatic N) is 3. The molecule has 0 atom stereocenters. The van der Waals surface area contributed by atoms with Crippen LogP contribution in [-0.4, -0.2) is 58.4 Å². The molecule has 9 heteroatoms. The Morgan fingerprint density at radius 3 is 2.71 bits per heavy atom. The predicted molar refractivity (Wildman–Crippen MR) is 147 cm³/mol. The van der Waals surface area contributed by atoms with Gasteiger partial charge < -0.3 is 19.9 Å². The van der Waals surface area contributed by atoms with Crippen LogP contribution < -0.4 is 10.1 Å². The van der Waals surface area contributed by atoms with Gasteiger partial charge in [-0.15, -0.1) is 0 Å². The molecule has 38 heavy (non-hydrogen) atoms. The highest BCUT2D eigenvalue weighted by Gasteiger charge is 2.29. The molecule has 1 saturated heterocycles. The lowest BCUT2D eigenvalue weighted by Crippen LogP contribution is -2.38. The van der Waals surface area contributed by atoms with Crippen LogP contribution in [0.5, 0.6) is 5.88 Å². The van der Waals surface area contributed by atoms with Crippen LogP contribution in [0.3, 0.4) is 0 Å². The van der Waals surface area contributed by atoms with Crippen molar-refractivity contribution in [1.82, 2.24) is 25.2 Å². The molecule has 1 aromatic carbocycles. The van der Waals surface area contributed by atoms with Crippen molar-refractivity contribution in [1.29, 1.82) is 0 Å². The topological polar surface area (TPSA) is 100 Å². The van der Waals surface area contributed by atoms with Gasteiger partial charge in [0.1, 0.15) is 5.15 Å². The van der Waals surface area contributed by atoms with Crippen molar-refractivity contribution in [2.24, 2.45) is 0 Å². The number of benzene rings is 1. The molecule has 1 fully saturated rings. The molecule has 4 heterocycles. The number of para-hydroxylation sites is 1. The van der Waals surface area contributed by atoms with Crippen LogP contribution in [0.2, 0.25) is 5.15 Å². The SMILES string of the molecule is COc1cc(C(=O)N2CCC(c3nc(C)ccc3C(=O)NCCc3c[nH]c4ccccc34)CC2)cc(Cl)n1. The van der Waals surface area contributed by atoms with Gasteiger partial charge in [-0.05, 0) is 56.0 Å². The van der Waals surface area contributed by atoms with Gasteiger partial charge in [-0.25, -0.2) is 4.98 Å². The Bertz CT molecular complexity index is 1480. The maximum Gasteiger partial charge on any atom is 0.254 e. The zero-order valence-electron chi connectivity index (χ0n) is 21.5. The van der Waals surface area contributed by atoms with Crippen LogP contribution in [0.1, 0.15) is 56.4 Å². The van der Waals surface area contributed by atoms with E-state index in [0.717, 1.165) is 23.3 Å². The smallest absolute Gasteiger partial charge is 0.254 e. The first-order chi connectivity index (χ1) is 18.4. The van der Waals surface area contributed by atoms with Gasteiger partial charge in [-0.2, -0.15) is 0 Å². The van der Waals surface area contributed by atoms with Crippen molar-refractivity contribution in [3.63, 3.8) is 0 Å². The van der Waals surface area contributed by atoms with Crippen LogP contribution in [0.15, 0.2) is 54.7 Å². The molecule has 2 amide bonds. The number of nitrogens with one attached hydrogen (secondary N) is 2. The maximum absolute atomic E-state index is 13.2. The third kappa shape index (κ3) is 5.50. The van der Waals surface area contributed by atoms with Crippen LogP contribution in [-0.2, 0) is 6.42 Å². The third-order valence-corrected chi connectivity index (χ3v) is 7.25. The van der Waals surface area contributed by atoms with E-state index < -0.39 is 0 Å². The number of H-pyrrole nitrogens is 1. The van der Waals surface area contributed by atoms with E-state index in [1.807, 2.05) is 43.5 Å². The van der Waals surface area contributed by atoms with Crippen molar-refractivity contribution in [2.75, 3.05) is 26.7 Å². The van der Waals surface area contributed by atoms with Crippen LogP contribution in [0.4, 0.5) is 0 Å². The van der Waals surface area contributed by atoms with Crippen molar-refractivity contribution in [3.05, 3.63) is 88.0 Å². The summed E-state index contributed by atoms with van der Waals surface area (Å²) in [5, 5.41) is 4.47. The molecule has 1 aliphatic rings. The van der Waals surface area contributed by atoms with E-state index in [2.05, 4.69) is 21.4 Å². The zero-order chi connectivity index (χ0) is 26.6. The second kappa shape index (κ2) is 11.2. The number of hydrogen-bond donors (Lipinski definition) is 2. The molecule has 2 N–H and O–H groups in total. The number of pyridine rings is 2. The lowest BCUT2D eigenvalue weighted by molar-refractivity contribution is 0.0710. The van der Waals surface area contributed by atoms with Crippen molar-refractivity contribution in [2.45, 2.75) is 32.1 Å². The first-order valence-electron chi connectivity index (χ1n) is 12.7. The number of carbonyl (C=O) groups excluding carboxylic acids is 2. The minimum Gasteiger partial charge on any atom is -0.481 e. The molecule has 5 rings (SSSR count). The van der Waals surface area contributed by atoms with Gasteiger partial charge in [0.15, 0.2) is 0 Å². The fourth-order valence-electron chi connectivity index (χ4n) is 5.06. The van der Waals surface area contributed by atoms with Crippen molar-refractivity contribution < 1.29 is 14.3 Å². The second-order valence-corrected chi connectivity index (χ2v) is 9.93. The molecule has 1 aliphatic heterocycles. The number of fused-ring (bicyclic) bond motifs is 1. The quantitative estimate of drug-likeness (QED) is 0.330. The summed E-state index contributed by atoms with van der Waals surface area (Å²) in [5.41, 5.74) is 4.99. The number of likely N-dealkylation sites (tertiary alicyclic amines) is 1. The van der Waals surface area contributed by atoms with Gasteiger partial charge in [0, 0.05) is 60.0 Å². The Morgan fingerprint density at radius 1 is 1.13 bits per heavy atom. The number of methoxy groups -OCH3 is 1. The van der Waals surface area contributed by atoms with Crippen LogP contribution in [0, 0.1) is 6.92 Å². The summed E-state index contributed by atoms with van der Waals surface area (Å²) in [6.45, 7) is 3.58. The van der Waals surface area contributed by atoms with E-state index in [-0.39, 0.29) is 22.9 Å². The molecule has 0 radical (unpaired) electrons. The van der Waals surface area contributed by atoms with Crippen molar-refractivity contribution in [3.8, 4) is 5.88 Å². The standard InChI is InChI=1S/C29H30ClN5O3/c1-18-7-8-23(28(36)31-12-9-20-17-32-24-6-4-3-5-22(20)24)27(33-18)19-10-13-35(14-11-19)29(37)21-15-25(30)34-26(16-21)38-2/h3-8,15-17,19,32H,9-14H2,1-2H3,(H,31,36). The van der Waals surface area contributed by atoms with E-state index in [0.29, 0.717) is 49.5 Å². The van der Waals surface area contributed by atoms with Gasteiger partial charge >= 0.3 is 0 Å². The zero-order valence-corrected chi connectivity index (χ0v) is 22.2. The van der Waals surface area contributed by atoms with Crippen LogP contribution in [0.25, 0.3) is 10.9 Å². The number of aryl methyl sites for hydroxylation is 1.